The molecule has 0 saturated carbocycles. The molecule has 0 heterocycles. The van der Waals surface area contributed by atoms with E-state index < -0.39 is 0 Å². The fraction of sp³-hybridized carbons (Fsp3) is 0. The molecule has 30 heavy (non-hydrogen) atoms. The van der Waals surface area contributed by atoms with E-state index in [2.05, 4.69) is 109 Å². The average Bonchev–Trinajstić information content (AvgIpc) is 2.80. The van der Waals surface area contributed by atoms with E-state index >= 15 is 0 Å². The van der Waals surface area contributed by atoms with Gasteiger partial charge in [-0.3, -0.25) is 0 Å². The van der Waals surface area contributed by atoms with Crippen molar-refractivity contribution in [2.24, 2.45) is 0 Å². The van der Waals surface area contributed by atoms with Crippen molar-refractivity contribution in [1.82, 2.24) is 0 Å². The Morgan fingerprint density at radius 2 is 0.533 bits per heavy atom. The summed E-state index contributed by atoms with van der Waals surface area (Å²) in [5, 5.41) is 11.1. The van der Waals surface area contributed by atoms with E-state index in [9.17, 15) is 0 Å². The molecule has 0 bridgehead atoms. The Morgan fingerprint density at radius 3 is 0.833 bits per heavy atom. The molecule has 0 radical (unpaired) electrons. The highest BCUT2D eigenvalue weighted by molar-refractivity contribution is 6.46. The third-order valence-corrected chi connectivity index (χ3v) is 6.56. The second-order valence-electron chi connectivity index (χ2n) is 8.07. The fourth-order valence-corrected chi connectivity index (χ4v) is 5.33. The summed E-state index contributed by atoms with van der Waals surface area (Å²) in [5.41, 5.74) is 5.37. The zero-order valence-electron chi connectivity index (χ0n) is 16.4. The first-order chi connectivity index (χ1) is 14.9. The molecule has 0 nitrogen and oxygen atoms in total. The zero-order valence-corrected chi connectivity index (χ0v) is 16.4. The predicted molar refractivity (Wildman–Crippen MR) is 130 cm³/mol. The van der Waals surface area contributed by atoms with Gasteiger partial charge in [0.25, 0.3) is 0 Å². The van der Waals surface area contributed by atoms with Gasteiger partial charge in [0.05, 0.1) is 0 Å². The van der Waals surface area contributed by atoms with Crippen LogP contribution >= 0.6 is 0 Å². The standard InChI is InChI=1S/C30H18/c1-3-11-19(12-4-1)25-27-21-15-7-9-17-23(21)29(27)26(20-13-5-2-6-14-20)30-24-18-10-8-16-22(24)28(25)30/h1-18H. The van der Waals surface area contributed by atoms with Crippen LogP contribution in [0.3, 0.4) is 0 Å². The zero-order chi connectivity index (χ0) is 19.7. The van der Waals surface area contributed by atoms with Crippen LogP contribution in [0.1, 0.15) is 0 Å². The summed E-state index contributed by atoms with van der Waals surface area (Å²) < 4.78 is 0. The first-order valence-corrected chi connectivity index (χ1v) is 10.5. The van der Waals surface area contributed by atoms with Gasteiger partial charge in [0, 0.05) is 0 Å². The Kier molecular flexibility index (Phi) is 3.09. The number of hydrogen-bond donors (Lipinski definition) is 0. The van der Waals surface area contributed by atoms with Gasteiger partial charge in [-0.15, -0.1) is 0 Å². The lowest BCUT2D eigenvalue weighted by molar-refractivity contribution is 1.66. The first kappa shape index (κ1) is 16.0. The van der Waals surface area contributed by atoms with Crippen molar-refractivity contribution >= 4 is 43.1 Å². The monoisotopic (exact) mass is 378 g/mol. The van der Waals surface area contributed by atoms with Crippen LogP contribution in [0.4, 0.5) is 0 Å². The molecular formula is C30H18. The number of rotatable bonds is 2. The van der Waals surface area contributed by atoms with E-state index in [4.69, 9.17) is 0 Å². The summed E-state index contributed by atoms with van der Waals surface area (Å²) in [6.45, 7) is 0. The van der Waals surface area contributed by atoms with E-state index in [0.717, 1.165) is 0 Å². The van der Waals surface area contributed by atoms with Crippen LogP contribution in [0.2, 0.25) is 0 Å². The summed E-state index contributed by atoms with van der Waals surface area (Å²) in [5.74, 6) is 0. The minimum atomic E-state index is 1.30. The quantitative estimate of drug-likeness (QED) is 0.283. The van der Waals surface area contributed by atoms with Gasteiger partial charge < -0.3 is 0 Å². The van der Waals surface area contributed by atoms with Gasteiger partial charge in [-0.25, -0.2) is 0 Å². The van der Waals surface area contributed by atoms with Crippen molar-refractivity contribution in [2.75, 3.05) is 0 Å². The fourth-order valence-electron chi connectivity index (χ4n) is 5.33. The normalized spacial score (nSPS) is 12.0. The van der Waals surface area contributed by atoms with Gasteiger partial charge in [0.1, 0.15) is 0 Å². The molecule has 0 atom stereocenters. The molecule has 0 heteroatoms. The van der Waals surface area contributed by atoms with E-state index in [0.29, 0.717) is 0 Å². The molecule has 0 aliphatic rings. The molecule has 0 unspecified atom stereocenters. The van der Waals surface area contributed by atoms with Crippen LogP contribution in [0.25, 0.3) is 65.3 Å². The minimum absolute atomic E-state index is 1.30. The third-order valence-electron chi connectivity index (χ3n) is 6.56. The van der Waals surface area contributed by atoms with Crippen LogP contribution < -0.4 is 0 Å². The molecule has 0 spiro atoms. The molecule has 0 fully saturated rings. The third kappa shape index (κ3) is 1.91. The van der Waals surface area contributed by atoms with Crippen molar-refractivity contribution < 1.29 is 0 Å². The molecule has 7 rings (SSSR count). The molecule has 0 saturated heterocycles. The highest BCUT2D eigenvalue weighted by Gasteiger charge is 2.27. The maximum atomic E-state index is 2.27. The Balaban J connectivity index is 1.79. The lowest BCUT2D eigenvalue weighted by atomic mass is 9.75. The molecular weight excluding hydrogens is 360 g/mol. The van der Waals surface area contributed by atoms with Gasteiger partial charge in [0.15, 0.2) is 0 Å². The van der Waals surface area contributed by atoms with Crippen molar-refractivity contribution in [2.45, 2.75) is 0 Å². The average molecular weight is 378 g/mol. The van der Waals surface area contributed by atoms with Crippen LogP contribution in [0.15, 0.2) is 109 Å². The maximum absolute atomic E-state index is 2.27. The van der Waals surface area contributed by atoms with Crippen LogP contribution in [-0.2, 0) is 0 Å². The molecule has 7 aromatic rings. The van der Waals surface area contributed by atoms with Crippen LogP contribution in [-0.4, -0.2) is 0 Å². The molecule has 0 aliphatic heterocycles. The molecule has 0 amide bonds. The lowest BCUT2D eigenvalue weighted by Gasteiger charge is -2.27. The van der Waals surface area contributed by atoms with Gasteiger partial charge in [-0.2, -0.15) is 0 Å². The Labute approximate surface area is 174 Å². The van der Waals surface area contributed by atoms with Crippen LogP contribution in [0.5, 0.6) is 0 Å². The second-order valence-corrected chi connectivity index (χ2v) is 8.07. The minimum Gasteiger partial charge on any atom is -0.0622 e. The Bertz CT molecular complexity index is 1450. The van der Waals surface area contributed by atoms with Crippen LogP contribution in [0, 0.1) is 0 Å². The summed E-state index contributed by atoms with van der Waals surface area (Å²) in [6, 6.07) is 39.5. The van der Waals surface area contributed by atoms with Gasteiger partial charge in [0.2, 0.25) is 0 Å². The maximum Gasteiger partial charge on any atom is -0.000740 e. The number of benzene rings is 5. The molecule has 138 valence electrons. The highest BCUT2D eigenvalue weighted by Crippen LogP contribution is 2.55. The highest BCUT2D eigenvalue weighted by atomic mass is 14.3. The summed E-state index contributed by atoms with van der Waals surface area (Å²) in [6.07, 6.45) is 0. The van der Waals surface area contributed by atoms with Crippen molar-refractivity contribution in [3.63, 3.8) is 0 Å². The lowest BCUT2D eigenvalue weighted by Crippen LogP contribution is -1.99. The van der Waals surface area contributed by atoms with E-state index in [1.807, 2.05) is 0 Å². The number of fused-ring (bicyclic) bond motifs is 8. The predicted octanol–water partition coefficient (Wildman–Crippen LogP) is 8.51. The molecule has 7 aromatic carbocycles. The summed E-state index contributed by atoms with van der Waals surface area (Å²) >= 11 is 0. The van der Waals surface area contributed by atoms with E-state index in [-0.39, 0.29) is 0 Å². The molecule has 0 N–H and O–H groups in total. The largest absolute Gasteiger partial charge is 0.0622 e. The van der Waals surface area contributed by atoms with Crippen molar-refractivity contribution in [1.29, 1.82) is 0 Å². The topological polar surface area (TPSA) is 0 Å². The van der Waals surface area contributed by atoms with Gasteiger partial charge in [-0.1, -0.05) is 109 Å². The SMILES string of the molecule is c1ccc(-c2c3c4ccccc4c3c(-c3ccccc3)c3c4ccccc4c23)cc1. The Morgan fingerprint density at radius 1 is 0.267 bits per heavy atom. The second kappa shape index (κ2) is 5.81. The first-order valence-electron chi connectivity index (χ1n) is 10.5. The van der Waals surface area contributed by atoms with Crippen molar-refractivity contribution in [3.8, 4) is 22.3 Å². The van der Waals surface area contributed by atoms with E-state index in [1.54, 1.807) is 0 Å². The summed E-state index contributed by atoms with van der Waals surface area (Å²) in [7, 11) is 0. The summed E-state index contributed by atoms with van der Waals surface area (Å²) in [4.78, 5) is 0. The molecule has 0 aliphatic carbocycles. The van der Waals surface area contributed by atoms with E-state index in [1.165, 1.54) is 65.3 Å². The Hall–Kier alpha value is -3.90. The number of hydrogen-bond acceptors (Lipinski definition) is 0. The van der Waals surface area contributed by atoms with Gasteiger partial charge >= 0.3 is 0 Å². The molecule has 0 aromatic heterocycles. The van der Waals surface area contributed by atoms with Gasteiger partial charge in [-0.05, 0) is 65.3 Å². The smallest absolute Gasteiger partial charge is 0.000740 e. The van der Waals surface area contributed by atoms with Crippen molar-refractivity contribution in [3.05, 3.63) is 109 Å².